The summed E-state index contributed by atoms with van der Waals surface area (Å²) in [6.45, 7) is 4.34. The molecule has 0 bridgehead atoms. The maximum Gasteiger partial charge on any atom is 0.266 e. The van der Waals surface area contributed by atoms with E-state index in [1.54, 1.807) is 21.1 Å². The van der Waals surface area contributed by atoms with Crippen molar-refractivity contribution in [2.75, 3.05) is 27.7 Å². The maximum atomic E-state index is 13.6. The van der Waals surface area contributed by atoms with Crippen LogP contribution in [0.15, 0.2) is 24.3 Å². The van der Waals surface area contributed by atoms with Gasteiger partial charge in [-0.2, -0.15) is 0 Å². The molecule has 0 rings (SSSR count). The van der Waals surface area contributed by atoms with E-state index in [1.807, 2.05) is 0 Å². The number of carbonyl (C=O) groups is 2. The summed E-state index contributed by atoms with van der Waals surface area (Å²) >= 11 is 0. The number of likely N-dealkylation sites (N-methyl/N-ethyl adjacent to an activating group) is 1. The number of phosphoric ester groups is 1. The number of nitrogens with zero attached hydrogens (tertiary/aromatic N) is 1. The van der Waals surface area contributed by atoms with E-state index in [4.69, 9.17) is 4.52 Å². The Morgan fingerprint density at radius 2 is 0.857 bits per heavy atom. The van der Waals surface area contributed by atoms with Crippen molar-refractivity contribution in [3.63, 3.8) is 0 Å². The summed E-state index contributed by atoms with van der Waals surface area (Å²) in [5, 5.41) is 0. The zero-order chi connectivity index (χ0) is 36.7. The molecule has 0 aromatic carbocycles. The van der Waals surface area contributed by atoms with Gasteiger partial charge in [-0.25, -0.2) is 0 Å². The first-order chi connectivity index (χ1) is 23.4. The topological polar surface area (TPSA) is 104 Å². The fourth-order valence-corrected chi connectivity index (χ4v) is 7.10. The highest BCUT2D eigenvalue weighted by Gasteiger charge is 2.51. The molecule has 0 saturated heterocycles. The predicted octanol–water partition coefficient (Wildman–Crippen LogP) is 11.1. The summed E-state index contributed by atoms with van der Waals surface area (Å²) in [5.41, 5.74) is -2.19. The summed E-state index contributed by atoms with van der Waals surface area (Å²) in [6, 6.07) is 0. The Balaban J connectivity index is 4.63. The van der Waals surface area contributed by atoms with E-state index >= 15 is 0 Å². The molecule has 1 unspecified atom stereocenters. The van der Waals surface area contributed by atoms with Crippen molar-refractivity contribution in [1.29, 1.82) is 0 Å². The number of quaternary nitrogens is 1. The first-order valence-corrected chi connectivity index (χ1v) is 21.8. The highest BCUT2D eigenvalue weighted by atomic mass is 31.2. The van der Waals surface area contributed by atoms with Gasteiger partial charge in [0.25, 0.3) is 7.82 Å². The second-order valence-electron chi connectivity index (χ2n) is 15.4. The number of Topliss-reactive ketones (excluding diaryl/α,β-unsaturated/α-hetero) is 2. The number of unbranched alkanes of at least 4 members (excludes halogenated alkanes) is 22. The summed E-state index contributed by atoms with van der Waals surface area (Å²) in [5.74, 6) is -1.08. The smallest absolute Gasteiger partial charge is 0.266 e. The third kappa shape index (κ3) is 29.2. The lowest BCUT2D eigenvalue weighted by molar-refractivity contribution is -0.874. The molecule has 0 aromatic rings. The Morgan fingerprint density at radius 1 is 0.571 bits per heavy atom. The van der Waals surface area contributed by atoms with Crippen molar-refractivity contribution >= 4 is 19.4 Å². The normalized spacial score (nSPS) is 13.9. The number of phosphoric acid groups is 1. The van der Waals surface area contributed by atoms with E-state index in [2.05, 4.69) is 38.2 Å². The van der Waals surface area contributed by atoms with Crippen molar-refractivity contribution in [2.24, 2.45) is 0 Å². The minimum Gasteiger partial charge on any atom is -0.756 e. The van der Waals surface area contributed by atoms with Crippen LogP contribution in [-0.2, 0) is 18.7 Å². The molecular weight excluding hydrogens is 633 g/mol. The average molecular weight is 712 g/mol. The van der Waals surface area contributed by atoms with E-state index in [0.717, 1.165) is 77.0 Å². The van der Waals surface area contributed by atoms with Crippen LogP contribution in [0.2, 0.25) is 0 Å². The minimum absolute atomic E-state index is 0.0519. The van der Waals surface area contributed by atoms with Gasteiger partial charge in [-0.3, -0.25) is 18.7 Å². The Labute approximate surface area is 303 Å². The molecule has 0 fully saturated rings. The molecule has 0 saturated carbocycles. The van der Waals surface area contributed by atoms with Crippen LogP contribution < -0.4 is 4.89 Å². The number of rotatable bonds is 36. The van der Waals surface area contributed by atoms with Crippen molar-refractivity contribution in [1.82, 2.24) is 0 Å². The minimum atomic E-state index is -5.35. The fraction of sp³-hybridized carbons (Fsp3) is 0.854. The third-order valence-corrected chi connectivity index (χ3v) is 9.74. The van der Waals surface area contributed by atoms with Crippen molar-refractivity contribution in [3.05, 3.63) is 24.3 Å². The van der Waals surface area contributed by atoms with Crippen molar-refractivity contribution < 1.29 is 32.9 Å². The van der Waals surface area contributed by atoms with Crippen LogP contribution in [0, 0.1) is 0 Å². The van der Waals surface area contributed by atoms with E-state index < -0.39 is 25.0 Å². The van der Waals surface area contributed by atoms with Crippen LogP contribution in [0.4, 0.5) is 0 Å². The number of ketones is 2. The first kappa shape index (κ1) is 47.9. The molecule has 0 aliphatic heterocycles. The molecule has 0 spiro atoms. The molecule has 7 nitrogen and oxygen atoms in total. The summed E-state index contributed by atoms with van der Waals surface area (Å²) < 4.78 is 17.3. The highest BCUT2D eigenvalue weighted by molar-refractivity contribution is 7.44. The van der Waals surface area contributed by atoms with Gasteiger partial charge >= 0.3 is 0 Å². The molecule has 1 atom stereocenters. The quantitative estimate of drug-likeness (QED) is 0.0228. The van der Waals surface area contributed by atoms with E-state index in [9.17, 15) is 23.9 Å². The van der Waals surface area contributed by atoms with Crippen LogP contribution >= 0.6 is 7.82 Å². The van der Waals surface area contributed by atoms with E-state index in [0.29, 0.717) is 12.8 Å². The van der Waals surface area contributed by atoms with Crippen molar-refractivity contribution in [2.45, 2.75) is 199 Å². The Morgan fingerprint density at radius 3 is 1.14 bits per heavy atom. The van der Waals surface area contributed by atoms with Gasteiger partial charge in [0.15, 0.2) is 11.6 Å². The van der Waals surface area contributed by atoms with E-state index in [-0.39, 0.29) is 23.9 Å². The second kappa shape index (κ2) is 30.5. The van der Waals surface area contributed by atoms with Crippen LogP contribution in [0.25, 0.3) is 0 Å². The maximum absolute atomic E-state index is 13.6. The van der Waals surface area contributed by atoms with Gasteiger partial charge in [-0.05, 0) is 64.2 Å². The summed E-state index contributed by atoms with van der Waals surface area (Å²) in [4.78, 5) is 48.9. The zero-order valence-electron chi connectivity index (χ0n) is 32.7. The number of hydrogen-bond acceptors (Lipinski definition) is 5. The van der Waals surface area contributed by atoms with Gasteiger partial charge in [0, 0.05) is 12.8 Å². The van der Waals surface area contributed by atoms with Gasteiger partial charge in [-0.1, -0.05) is 141 Å². The lowest BCUT2D eigenvalue weighted by atomic mass is 9.86. The van der Waals surface area contributed by atoms with E-state index in [1.165, 1.54) is 77.0 Å². The van der Waals surface area contributed by atoms with Crippen LogP contribution in [0.5, 0.6) is 0 Å². The molecule has 1 N–H and O–H groups in total. The van der Waals surface area contributed by atoms with Crippen LogP contribution in [-0.4, -0.2) is 54.2 Å². The number of hydrogen-bond donors (Lipinski definition) is 1. The molecule has 0 heterocycles. The molecular formula is C41H78NO6P. The summed E-state index contributed by atoms with van der Waals surface area (Å²) in [6.07, 6.45) is 38.6. The first-order valence-electron chi connectivity index (χ1n) is 20.3. The molecule has 0 aromatic heterocycles. The van der Waals surface area contributed by atoms with Gasteiger partial charge in [0.1, 0.15) is 6.54 Å². The van der Waals surface area contributed by atoms with Crippen molar-refractivity contribution in [3.8, 4) is 0 Å². The largest absolute Gasteiger partial charge is 0.756 e. The van der Waals surface area contributed by atoms with Gasteiger partial charge in [-0.15, -0.1) is 0 Å². The van der Waals surface area contributed by atoms with Gasteiger partial charge in [0.2, 0.25) is 5.60 Å². The lowest BCUT2D eigenvalue weighted by Crippen LogP contribution is -2.60. The molecule has 8 heteroatoms. The zero-order valence-corrected chi connectivity index (χ0v) is 33.6. The predicted molar refractivity (Wildman–Crippen MR) is 205 cm³/mol. The van der Waals surface area contributed by atoms with Gasteiger partial charge in [0.05, 0.1) is 21.1 Å². The molecule has 0 amide bonds. The standard InChI is InChI=1S/C41H78NO6P/c1-6-8-10-12-14-16-18-20-22-24-26-28-30-32-34-36-39(43)41(38-42(3,4)5,48-49(45,46)47)40(44)37-35-33-31-29-27-25-23-21-19-17-15-13-11-9-7-2/h20-23H,6-19,24-38H2,1-5H3,(H-,45,46,47)/b22-20-,23-21-. The Kier molecular flexibility index (Phi) is 29.8. The molecule has 0 radical (unpaired) electrons. The highest BCUT2D eigenvalue weighted by Crippen LogP contribution is 2.40. The Hall–Kier alpha value is -1.11. The number of carbonyl (C=O) groups excluding carboxylic acids is 2. The third-order valence-electron chi connectivity index (χ3n) is 9.20. The lowest BCUT2D eigenvalue weighted by Gasteiger charge is -2.39. The van der Waals surface area contributed by atoms with Crippen LogP contribution in [0.3, 0.4) is 0 Å². The monoisotopic (exact) mass is 712 g/mol. The van der Waals surface area contributed by atoms with Gasteiger partial charge < -0.3 is 14.3 Å². The number of allylic oxidation sites excluding steroid dienone is 4. The molecule has 0 aliphatic carbocycles. The Bertz CT molecular complexity index is 867. The fourth-order valence-electron chi connectivity index (χ4n) is 6.44. The molecule has 0 aliphatic rings. The molecule has 49 heavy (non-hydrogen) atoms. The average Bonchev–Trinajstić information content (AvgIpc) is 3.02. The SMILES string of the molecule is CCCCCCCC/C=C\CCCCCCCC(=O)C(C[N+](C)(C)C)(OP(=O)([O-])O)C(=O)CCCCCCC/C=C\CCCCCCCC. The summed E-state index contributed by atoms with van der Waals surface area (Å²) in [7, 11) is 0.0176. The molecule has 288 valence electrons. The second-order valence-corrected chi connectivity index (χ2v) is 16.5. The van der Waals surface area contributed by atoms with Crippen LogP contribution in [0.1, 0.15) is 194 Å².